The largest absolute Gasteiger partial charge is 0.519 e. The highest BCUT2D eigenvalue weighted by Crippen LogP contribution is 2.07. The van der Waals surface area contributed by atoms with Crippen LogP contribution in [0.4, 0.5) is 0 Å². The fourth-order valence-corrected chi connectivity index (χ4v) is 1.98. The van der Waals surface area contributed by atoms with Gasteiger partial charge in [0.15, 0.2) is 0 Å². The van der Waals surface area contributed by atoms with Crippen LogP contribution in [0.5, 0.6) is 0 Å². The smallest absolute Gasteiger partial charge is 0.440 e. The van der Waals surface area contributed by atoms with Gasteiger partial charge in [-0.3, -0.25) is 0 Å². The lowest BCUT2D eigenvalue weighted by molar-refractivity contribution is 0.290. The van der Waals surface area contributed by atoms with Crippen LogP contribution in [-0.4, -0.2) is 9.28 Å². The summed E-state index contributed by atoms with van der Waals surface area (Å²) in [6.07, 6.45) is 1.69. The van der Waals surface area contributed by atoms with Gasteiger partial charge in [-0.2, -0.15) is 0 Å². The summed E-state index contributed by atoms with van der Waals surface area (Å²) >= 11 is 0. The van der Waals surface area contributed by atoms with Gasteiger partial charge in [0, 0.05) is 12.8 Å². The second kappa shape index (κ2) is 5.89. The Hall–Kier alpha value is -0.703. The van der Waals surface area contributed by atoms with Gasteiger partial charge in [-0.25, -0.2) is 0 Å². The molecule has 12 heavy (non-hydrogen) atoms. The van der Waals surface area contributed by atoms with Crippen LogP contribution in [0.2, 0.25) is 6.55 Å². The van der Waals surface area contributed by atoms with Crippen molar-refractivity contribution in [1.29, 1.82) is 0 Å². The Labute approximate surface area is 76.7 Å². The Morgan fingerprint density at radius 3 is 1.67 bits per heavy atom. The molecular weight excluding hydrogens is 168 g/mol. The molecule has 0 fully saturated rings. The summed E-state index contributed by atoms with van der Waals surface area (Å²) in [5.74, 6) is 1.61. The van der Waals surface area contributed by atoms with Gasteiger partial charge in [0.25, 0.3) is 0 Å². The molecule has 0 amide bonds. The van der Waals surface area contributed by atoms with E-state index in [2.05, 4.69) is 13.2 Å². The zero-order valence-electron chi connectivity index (χ0n) is 8.22. The van der Waals surface area contributed by atoms with Crippen molar-refractivity contribution in [2.45, 2.75) is 33.2 Å². The van der Waals surface area contributed by atoms with Gasteiger partial charge in [0.05, 0.1) is 11.5 Å². The van der Waals surface area contributed by atoms with Crippen molar-refractivity contribution in [2.75, 3.05) is 0 Å². The molecule has 0 saturated heterocycles. The lowest BCUT2D eigenvalue weighted by Gasteiger charge is -2.16. The molecule has 0 aliphatic heterocycles. The Bertz CT molecular complexity index is 148. The molecule has 0 radical (unpaired) electrons. The average Bonchev–Trinajstić information content (AvgIpc) is 2.03. The van der Waals surface area contributed by atoms with Gasteiger partial charge < -0.3 is 8.85 Å². The first-order valence-electron chi connectivity index (χ1n) is 4.29. The van der Waals surface area contributed by atoms with E-state index >= 15 is 0 Å². The normalized spacial score (nSPS) is 9.67. The molecule has 0 spiro atoms. The molecule has 0 aromatic rings. The van der Waals surface area contributed by atoms with Crippen molar-refractivity contribution < 1.29 is 8.85 Å². The Morgan fingerprint density at radius 1 is 1.08 bits per heavy atom. The highest BCUT2D eigenvalue weighted by molar-refractivity contribution is 6.43. The van der Waals surface area contributed by atoms with Crippen LogP contribution >= 0.6 is 0 Å². The summed E-state index contributed by atoms with van der Waals surface area (Å²) < 4.78 is 10.9. The second-order valence-corrected chi connectivity index (χ2v) is 4.19. The summed E-state index contributed by atoms with van der Waals surface area (Å²) in [6, 6.07) is 0. The minimum Gasteiger partial charge on any atom is -0.519 e. The van der Waals surface area contributed by atoms with E-state index in [9.17, 15) is 0 Å². The molecule has 2 nitrogen and oxygen atoms in total. The molecule has 3 heteroatoms. The van der Waals surface area contributed by atoms with E-state index in [1.165, 1.54) is 0 Å². The number of allylic oxidation sites excluding steroid dienone is 2. The van der Waals surface area contributed by atoms with Crippen molar-refractivity contribution in [3.05, 3.63) is 24.7 Å². The van der Waals surface area contributed by atoms with E-state index in [-0.39, 0.29) is 0 Å². The van der Waals surface area contributed by atoms with Crippen molar-refractivity contribution >= 4 is 9.28 Å². The maximum absolute atomic E-state index is 5.43. The van der Waals surface area contributed by atoms with Crippen molar-refractivity contribution in [3.63, 3.8) is 0 Å². The number of rotatable bonds is 6. The molecule has 0 heterocycles. The summed E-state index contributed by atoms with van der Waals surface area (Å²) in [5, 5.41) is 0. The van der Waals surface area contributed by atoms with Crippen molar-refractivity contribution in [1.82, 2.24) is 0 Å². The van der Waals surface area contributed by atoms with E-state index in [0.29, 0.717) is 0 Å². The van der Waals surface area contributed by atoms with Crippen LogP contribution in [0.1, 0.15) is 26.7 Å². The molecule has 0 atom stereocenters. The van der Waals surface area contributed by atoms with Gasteiger partial charge in [0.2, 0.25) is 0 Å². The number of hydrogen-bond donors (Lipinski definition) is 0. The fraction of sp³-hybridized carbons (Fsp3) is 0.556. The predicted octanol–water partition coefficient (Wildman–Crippen LogP) is 2.72. The first kappa shape index (κ1) is 11.3. The van der Waals surface area contributed by atoms with Crippen LogP contribution in [0.25, 0.3) is 0 Å². The maximum atomic E-state index is 5.43. The van der Waals surface area contributed by atoms with Gasteiger partial charge in [-0.15, -0.1) is 0 Å². The highest BCUT2D eigenvalue weighted by Gasteiger charge is 2.08. The Balaban J connectivity index is 3.66. The zero-order chi connectivity index (χ0) is 9.56. The molecule has 0 aromatic carbocycles. The monoisotopic (exact) mass is 186 g/mol. The summed E-state index contributed by atoms with van der Waals surface area (Å²) in [5.41, 5.74) is 0. The molecule has 0 saturated carbocycles. The molecule has 0 N–H and O–H groups in total. The van der Waals surface area contributed by atoms with E-state index in [4.69, 9.17) is 8.85 Å². The van der Waals surface area contributed by atoms with Gasteiger partial charge >= 0.3 is 9.28 Å². The first-order chi connectivity index (χ1) is 5.60. The van der Waals surface area contributed by atoms with E-state index in [0.717, 1.165) is 24.4 Å². The third kappa shape index (κ3) is 5.01. The topological polar surface area (TPSA) is 18.5 Å². The van der Waals surface area contributed by atoms with Gasteiger partial charge in [-0.05, 0) is 6.55 Å². The van der Waals surface area contributed by atoms with Gasteiger partial charge in [-0.1, -0.05) is 27.0 Å². The van der Waals surface area contributed by atoms with Crippen LogP contribution < -0.4 is 0 Å². The SMILES string of the molecule is C=C(CC)O[SiH](C)OC(=C)CC. The van der Waals surface area contributed by atoms with Crippen LogP contribution in [0.3, 0.4) is 0 Å². The predicted molar refractivity (Wildman–Crippen MR) is 54.0 cm³/mol. The van der Waals surface area contributed by atoms with Crippen molar-refractivity contribution in [3.8, 4) is 0 Å². The standard InChI is InChI=1S/C9H18O2Si/c1-6-8(3)10-12(5)11-9(4)7-2/h12H,3-4,6-7H2,1-2,5H3. The van der Waals surface area contributed by atoms with Crippen LogP contribution in [-0.2, 0) is 8.85 Å². The first-order valence-corrected chi connectivity index (χ1v) is 6.38. The lowest BCUT2D eigenvalue weighted by Crippen LogP contribution is -2.17. The fourth-order valence-electron chi connectivity index (χ4n) is 0.660. The lowest BCUT2D eigenvalue weighted by atomic mass is 10.4. The summed E-state index contributed by atoms with van der Waals surface area (Å²) in [7, 11) is -1.55. The van der Waals surface area contributed by atoms with Crippen LogP contribution in [0.15, 0.2) is 24.7 Å². The molecule has 0 rings (SSSR count). The van der Waals surface area contributed by atoms with E-state index in [1.807, 2.05) is 20.4 Å². The zero-order valence-corrected chi connectivity index (χ0v) is 9.38. The summed E-state index contributed by atoms with van der Waals surface area (Å²) in [4.78, 5) is 0. The molecule has 0 aromatic heterocycles. The third-order valence-corrected chi connectivity index (χ3v) is 2.78. The molecule has 0 aliphatic carbocycles. The third-order valence-electron chi connectivity index (χ3n) is 1.45. The molecule has 70 valence electrons. The van der Waals surface area contributed by atoms with E-state index < -0.39 is 9.28 Å². The maximum Gasteiger partial charge on any atom is 0.440 e. The molecule has 0 aliphatic rings. The van der Waals surface area contributed by atoms with Crippen molar-refractivity contribution in [2.24, 2.45) is 0 Å². The van der Waals surface area contributed by atoms with E-state index in [1.54, 1.807) is 0 Å². The van der Waals surface area contributed by atoms with Crippen LogP contribution in [0, 0.1) is 0 Å². The minimum atomic E-state index is -1.55. The summed E-state index contributed by atoms with van der Waals surface area (Å²) in [6.45, 7) is 13.5. The highest BCUT2D eigenvalue weighted by atomic mass is 28.3. The molecule has 0 unspecified atom stereocenters. The second-order valence-electron chi connectivity index (χ2n) is 2.59. The Kier molecular flexibility index (Phi) is 5.54. The molecule has 0 bridgehead atoms. The minimum absolute atomic E-state index is 0.804. The number of hydrogen-bond acceptors (Lipinski definition) is 2. The average molecular weight is 186 g/mol. The quantitative estimate of drug-likeness (QED) is 0.469. The van der Waals surface area contributed by atoms with Gasteiger partial charge in [0.1, 0.15) is 0 Å². The molecular formula is C9H18O2Si. The Morgan fingerprint density at radius 2 is 1.42 bits per heavy atom.